The second kappa shape index (κ2) is 13.5. The number of nitrogens with zero attached hydrogens (tertiary/aromatic N) is 4. The first kappa shape index (κ1) is 32.6. The molecule has 0 fully saturated rings. The molecule has 0 saturated heterocycles. The van der Waals surface area contributed by atoms with E-state index in [2.05, 4.69) is 102 Å². The van der Waals surface area contributed by atoms with Crippen molar-refractivity contribution in [3.05, 3.63) is 194 Å². The molecule has 0 spiro atoms. The lowest BCUT2D eigenvalue weighted by atomic mass is 10.0. The topological polar surface area (TPSA) is 64.3 Å². The van der Waals surface area contributed by atoms with Crippen LogP contribution in [0.5, 0.6) is 11.5 Å². The molecule has 0 saturated carbocycles. The smallest absolute Gasteiger partial charge is 0.164 e. The predicted octanol–water partition coefficient (Wildman–Crippen LogP) is 13.7. The van der Waals surface area contributed by atoms with E-state index in [9.17, 15) is 0 Å². The van der Waals surface area contributed by atoms with Crippen molar-refractivity contribution in [1.29, 1.82) is 0 Å². The summed E-state index contributed by atoms with van der Waals surface area (Å²) in [5.41, 5.74) is 11.7. The summed E-state index contributed by atoms with van der Waals surface area (Å²) in [6.45, 7) is 0. The van der Waals surface area contributed by atoms with Gasteiger partial charge in [-0.3, -0.25) is 0 Å². The lowest BCUT2D eigenvalue weighted by Gasteiger charge is -2.33. The van der Waals surface area contributed by atoms with Crippen molar-refractivity contribution in [2.45, 2.75) is 0 Å². The highest BCUT2D eigenvalue weighted by atomic mass is 16.5. The molecule has 1 aliphatic rings. The lowest BCUT2D eigenvalue weighted by Crippen LogP contribution is -2.15. The Morgan fingerprint density at radius 2 is 0.930 bits per heavy atom. The maximum atomic E-state index is 6.55. The number of aromatic nitrogens is 3. The summed E-state index contributed by atoms with van der Waals surface area (Å²) in [5.74, 6) is 3.47. The number of anilines is 3. The van der Waals surface area contributed by atoms with Gasteiger partial charge in [-0.2, -0.15) is 0 Å². The van der Waals surface area contributed by atoms with E-state index in [-0.39, 0.29) is 0 Å². The van der Waals surface area contributed by atoms with E-state index in [1.54, 1.807) is 0 Å². The van der Waals surface area contributed by atoms with Crippen molar-refractivity contribution in [3.8, 4) is 67.9 Å². The fourth-order valence-electron chi connectivity index (χ4n) is 7.77. The van der Waals surface area contributed by atoms with Crippen molar-refractivity contribution in [1.82, 2.24) is 15.0 Å². The Bertz CT molecular complexity index is 3030. The number of fused-ring (bicyclic) bond motifs is 5. The van der Waals surface area contributed by atoms with Crippen LogP contribution in [0.1, 0.15) is 0 Å². The fraction of sp³-hybridized carbons (Fsp3) is 0. The number of para-hydroxylation sites is 2. The zero-order valence-corrected chi connectivity index (χ0v) is 30.6. The summed E-state index contributed by atoms with van der Waals surface area (Å²) in [4.78, 5) is 17.2. The normalized spacial score (nSPS) is 12.0. The van der Waals surface area contributed by atoms with Gasteiger partial charge in [0.2, 0.25) is 0 Å². The van der Waals surface area contributed by atoms with Crippen LogP contribution in [0, 0.1) is 0 Å². The van der Waals surface area contributed by atoms with Gasteiger partial charge in [0.1, 0.15) is 11.2 Å². The summed E-state index contributed by atoms with van der Waals surface area (Å²) >= 11 is 0. The lowest BCUT2D eigenvalue weighted by molar-refractivity contribution is 0.477. The number of hydrogen-bond donors (Lipinski definition) is 0. The van der Waals surface area contributed by atoms with E-state index < -0.39 is 0 Å². The zero-order chi connectivity index (χ0) is 37.7. The molecule has 0 unspecified atom stereocenters. The van der Waals surface area contributed by atoms with Crippen molar-refractivity contribution in [2.24, 2.45) is 0 Å². The first-order chi connectivity index (χ1) is 28.2. The average molecular weight is 733 g/mol. The first-order valence-electron chi connectivity index (χ1n) is 18.9. The molecule has 10 aromatic rings. The molecular formula is C51H32N4O2. The molecule has 268 valence electrons. The van der Waals surface area contributed by atoms with Gasteiger partial charge in [0, 0.05) is 33.2 Å². The van der Waals surface area contributed by atoms with Crippen LogP contribution in [0.3, 0.4) is 0 Å². The van der Waals surface area contributed by atoms with Gasteiger partial charge in [0.15, 0.2) is 29.0 Å². The molecule has 0 atom stereocenters. The maximum Gasteiger partial charge on any atom is 0.164 e. The van der Waals surface area contributed by atoms with E-state index in [1.165, 1.54) is 0 Å². The highest BCUT2D eigenvalue weighted by Crippen LogP contribution is 2.51. The number of furan rings is 1. The molecule has 0 radical (unpaired) electrons. The van der Waals surface area contributed by atoms with Crippen LogP contribution < -0.4 is 9.64 Å². The summed E-state index contributed by atoms with van der Waals surface area (Å²) < 4.78 is 13.0. The Labute approximate surface area is 329 Å². The fourth-order valence-corrected chi connectivity index (χ4v) is 7.77. The Morgan fingerprint density at radius 3 is 1.65 bits per heavy atom. The molecular weight excluding hydrogens is 701 g/mol. The molecule has 1 aliphatic heterocycles. The Morgan fingerprint density at radius 1 is 0.368 bits per heavy atom. The SMILES string of the molecule is c1ccc(-c2ccc3c(c2)Oc2ccccc2N3c2ccc(-c3ccc4c(c3)oc3cccc(-c5nc(-c6ccccc6)nc(-c6ccccc6)n5)c34)cc2)cc1. The standard InChI is InChI=1S/C51H32N4O2/c1-4-13-33(14-5-1)38-26-30-43-47(32-38)56-44-21-11-10-20-42(44)55(43)39-27-23-34(24-28-39)37-25-29-40-46(31-37)57-45-22-12-19-41(48(40)45)51-53-49(35-15-6-2-7-16-35)52-50(54-51)36-17-8-3-9-18-36/h1-32H. The van der Waals surface area contributed by atoms with Crippen molar-refractivity contribution in [2.75, 3.05) is 4.90 Å². The van der Waals surface area contributed by atoms with Gasteiger partial charge in [-0.1, -0.05) is 140 Å². The van der Waals surface area contributed by atoms with E-state index >= 15 is 0 Å². The molecule has 6 nitrogen and oxygen atoms in total. The minimum absolute atomic E-state index is 0.596. The number of benzene rings is 8. The van der Waals surface area contributed by atoms with E-state index in [4.69, 9.17) is 24.1 Å². The molecule has 6 heteroatoms. The summed E-state index contributed by atoms with van der Waals surface area (Å²) in [6, 6.07) is 66.2. The van der Waals surface area contributed by atoms with Crippen molar-refractivity contribution < 1.29 is 9.15 Å². The Hall–Kier alpha value is -7.83. The molecule has 3 heterocycles. The highest BCUT2D eigenvalue weighted by Gasteiger charge is 2.26. The van der Waals surface area contributed by atoms with Crippen LogP contribution >= 0.6 is 0 Å². The van der Waals surface area contributed by atoms with Gasteiger partial charge < -0.3 is 14.1 Å². The van der Waals surface area contributed by atoms with Gasteiger partial charge in [-0.15, -0.1) is 0 Å². The van der Waals surface area contributed by atoms with Gasteiger partial charge in [-0.05, 0) is 76.9 Å². The molecule has 2 aromatic heterocycles. The van der Waals surface area contributed by atoms with Gasteiger partial charge in [0.25, 0.3) is 0 Å². The molecule has 11 rings (SSSR count). The third kappa shape index (κ3) is 5.79. The average Bonchev–Trinajstić information content (AvgIpc) is 3.67. The van der Waals surface area contributed by atoms with E-state index in [1.807, 2.05) is 97.1 Å². The molecule has 0 amide bonds. The van der Waals surface area contributed by atoms with Crippen LogP contribution in [0.25, 0.3) is 78.4 Å². The minimum atomic E-state index is 0.596. The van der Waals surface area contributed by atoms with Crippen LogP contribution in [0.4, 0.5) is 17.1 Å². The van der Waals surface area contributed by atoms with Gasteiger partial charge in [-0.25, -0.2) is 15.0 Å². The summed E-state index contributed by atoms with van der Waals surface area (Å²) in [7, 11) is 0. The molecule has 0 bridgehead atoms. The van der Waals surface area contributed by atoms with Crippen molar-refractivity contribution in [3.63, 3.8) is 0 Å². The molecule has 8 aromatic carbocycles. The number of hydrogen-bond acceptors (Lipinski definition) is 6. The minimum Gasteiger partial charge on any atom is -0.456 e. The molecule has 57 heavy (non-hydrogen) atoms. The third-order valence-corrected chi connectivity index (χ3v) is 10.5. The summed E-state index contributed by atoms with van der Waals surface area (Å²) in [6.07, 6.45) is 0. The van der Waals surface area contributed by atoms with Crippen LogP contribution in [-0.4, -0.2) is 15.0 Å². The van der Waals surface area contributed by atoms with Crippen LogP contribution in [0.2, 0.25) is 0 Å². The predicted molar refractivity (Wildman–Crippen MR) is 229 cm³/mol. The highest BCUT2D eigenvalue weighted by molar-refractivity contribution is 6.12. The maximum absolute atomic E-state index is 6.55. The van der Waals surface area contributed by atoms with E-state index in [0.717, 1.165) is 89.4 Å². The quantitative estimate of drug-likeness (QED) is 0.170. The number of rotatable bonds is 6. The Balaban J connectivity index is 0.967. The van der Waals surface area contributed by atoms with Crippen molar-refractivity contribution >= 4 is 39.0 Å². The van der Waals surface area contributed by atoms with Crippen LogP contribution in [-0.2, 0) is 0 Å². The second-order valence-corrected chi connectivity index (χ2v) is 14.0. The molecule has 0 N–H and O–H groups in total. The van der Waals surface area contributed by atoms with Gasteiger partial charge >= 0.3 is 0 Å². The molecule has 0 aliphatic carbocycles. The number of ether oxygens (including phenoxy) is 1. The summed E-state index contributed by atoms with van der Waals surface area (Å²) in [5, 5.41) is 1.97. The third-order valence-electron chi connectivity index (χ3n) is 10.5. The first-order valence-corrected chi connectivity index (χ1v) is 18.9. The monoisotopic (exact) mass is 732 g/mol. The zero-order valence-electron chi connectivity index (χ0n) is 30.6. The Kier molecular flexibility index (Phi) is 7.71. The van der Waals surface area contributed by atoms with Crippen LogP contribution in [0.15, 0.2) is 199 Å². The second-order valence-electron chi connectivity index (χ2n) is 14.0. The van der Waals surface area contributed by atoms with Gasteiger partial charge in [0.05, 0.1) is 11.4 Å². The van der Waals surface area contributed by atoms with E-state index in [0.29, 0.717) is 17.5 Å². The largest absolute Gasteiger partial charge is 0.456 e.